The molecule has 2 saturated heterocycles. The summed E-state index contributed by atoms with van der Waals surface area (Å²) < 4.78 is 19.4. The van der Waals surface area contributed by atoms with Gasteiger partial charge in [-0.25, -0.2) is 4.39 Å². The lowest BCUT2D eigenvalue weighted by Gasteiger charge is -2.43. The first-order chi connectivity index (χ1) is 16.3. The van der Waals surface area contributed by atoms with Crippen LogP contribution in [0, 0.1) is 11.2 Å². The van der Waals surface area contributed by atoms with Crippen LogP contribution in [-0.4, -0.2) is 54.4 Å². The van der Waals surface area contributed by atoms with Gasteiger partial charge in [-0.1, -0.05) is 23.2 Å². The Bertz CT molecular complexity index is 1030. The van der Waals surface area contributed by atoms with Gasteiger partial charge in [0.2, 0.25) is 5.91 Å². The van der Waals surface area contributed by atoms with E-state index in [2.05, 4.69) is 0 Å². The van der Waals surface area contributed by atoms with Crippen molar-refractivity contribution in [3.8, 4) is 5.75 Å². The van der Waals surface area contributed by atoms with Crippen molar-refractivity contribution >= 4 is 35.0 Å². The highest BCUT2D eigenvalue weighted by Gasteiger charge is 2.41. The molecule has 2 amide bonds. The molecule has 2 aliphatic rings. The van der Waals surface area contributed by atoms with Crippen LogP contribution in [0.15, 0.2) is 42.5 Å². The third-order valence-electron chi connectivity index (χ3n) is 6.71. The first kappa shape index (κ1) is 24.8. The zero-order chi connectivity index (χ0) is 24.1. The summed E-state index contributed by atoms with van der Waals surface area (Å²) in [6.07, 6.45) is 5.01. The van der Waals surface area contributed by atoms with Crippen molar-refractivity contribution in [2.24, 2.45) is 5.41 Å². The Balaban J connectivity index is 1.53. The standard InChI is InChI=1S/C26H29Cl2FN2O3/c27-22-10-5-19(15-23(22)28)25(33)31-14-4-11-26(17-31,16-24(32)30-12-2-1-3-13-30)18-34-21-8-6-20(29)7-9-21/h5-10,15H,1-4,11-14,16-18H2. The van der Waals surface area contributed by atoms with Crippen molar-refractivity contribution in [1.29, 1.82) is 0 Å². The Hall–Kier alpha value is -2.31. The summed E-state index contributed by atoms with van der Waals surface area (Å²) in [5.41, 5.74) is -0.0699. The lowest BCUT2D eigenvalue weighted by atomic mass is 9.77. The molecule has 2 aromatic carbocycles. The predicted octanol–water partition coefficient (Wildman–Crippen LogP) is 5.84. The van der Waals surface area contributed by atoms with E-state index in [0.29, 0.717) is 40.9 Å². The van der Waals surface area contributed by atoms with E-state index in [-0.39, 0.29) is 24.2 Å². The number of halogens is 3. The third-order valence-corrected chi connectivity index (χ3v) is 7.45. The van der Waals surface area contributed by atoms with Crippen LogP contribution in [0.4, 0.5) is 4.39 Å². The quantitative estimate of drug-likeness (QED) is 0.494. The molecule has 0 aromatic heterocycles. The van der Waals surface area contributed by atoms with Crippen molar-refractivity contribution in [1.82, 2.24) is 9.80 Å². The number of piperidine rings is 2. The van der Waals surface area contributed by atoms with E-state index in [1.165, 1.54) is 12.1 Å². The van der Waals surface area contributed by atoms with Gasteiger partial charge < -0.3 is 14.5 Å². The SMILES string of the molecule is O=C(CC1(COc2ccc(F)cc2)CCCN(C(=O)c2ccc(Cl)c(Cl)c2)C1)N1CCCCC1. The summed E-state index contributed by atoms with van der Waals surface area (Å²) in [6.45, 7) is 2.81. The Kier molecular flexibility index (Phi) is 7.99. The number of hydrogen-bond acceptors (Lipinski definition) is 3. The Morgan fingerprint density at radius 1 is 0.912 bits per heavy atom. The molecule has 0 spiro atoms. The molecule has 0 saturated carbocycles. The largest absolute Gasteiger partial charge is 0.493 e. The van der Waals surface area contributed by atoms with Crippen LogP contribution in [-0.2, 0) is 4.79 Å². The van der Waals surface area contributed by atoms with Gasteiger partial charge in [-0.15, -0.1) is 0 Å². The second-order valence-electron chi connectivity index (χ2n) is 9.32. The molecule has 8 heteroatoms. The maximum atomic E-state index is 13.3. The number of carbonyl (C=O) groups excluding carboxylic acids is 2. The summed E-state index contributed by atoms with van der Waals surface area (Å²) in [4.78, 5) is 30.2. The molecule has 0 radical (unpaired) electrons. The fraction of sp³-hybridized carbons (Fsp3) is 0.462. The van der Waals surface area contributed by atoms with E-state index >= 15 is 0 Å². The predicted molar refractivity (Wildman–Crippen MR) is 131 cm³/mol. The number of nitrogens with zero attached hydrogens (tertiary/aromatic N) is 2. The second-order valence-corrected chi connectivity index (χ2v) is 10.1. The Morgan fingerprint density at radius 2 is 1.62 bits per heavy atom. The molecule has 34 heavy (non-hydrogen) atoms. The fourth-order valence-corrected chi connectivity index (χ4v) is 5.15. The minimum Gasteiger partial charge on any atom is -0.493 e. The Morgan fingerprint density at radius 3 is 2.32 bits per heavy atom. The molecule has 2 aliphatic heterocycles. The van der Waals surface area contributed by atoms with Gasteiger partial charge in [-0.05, 0) is 74.6 Å². The summed E-state index contributed by atoms with van der Waals surface area (Å²) in [5.74, 6) is 0.165. The van der Waals surface area contributed by atoms with E-state index in [1.807, 2.05) is 4.90 Å². The summed E-state index contributed by atoms with van der Waals surface area (Å²) in [6, 6.07) is 10.7. The maximum Gasteiger partial charge on any atom is 0.253 e. The van der Waals surface area contributed by atoms with E-state index in [0.717, 1.165) is 45.2 Å². The number of benzene rings is 2. The summed E-state index contributed by atoms with van der Waals surface area (Å²) in [7, 11) is 0. The Labute approximate surface area is 209 Å². The fourth-order valence-electron chi connectivity index (χ4n) is 4.85. The number of likely N-dealkylation sites (tertiary alicyclic amines) is 2. The van der Waals surface area contributed by atoms with Gasteiger partial charge in [0.25, 0.3) is 5.91 Å². The smallest absolute Gasteiger partial charge is 0.253 e. The molecule has 0 bridgehead atoms. The van der Waals surface area contributed by atoms with Crippen molar-refractivity contribution in [2.45, 2.75) is 38.5 Å². The van der Waals surface area contributed by atoms with Crippen molar-refractivity contribution in [3.63, 3.8) is 0 Å². The van der Waals surface area contributed by atoms with Gasteiger partial charge >= 0.3 is 0 Å². The highest BCUT2D eigenvalue weighted by molar-refractivity contribution is 6.42. The van der Waals surface area contributed by atoms with Crippen LogP contribution in [0.25, 0.3) is 0 Å². The highest BCUT2D eigenvalue weighted by Crippen LogP contribution is 2.36. The monoisotopic (exact) mass is 506 g/mol. The number of hydrogen-bond donors (Lipinski definition) is 0. The van der Waals surface area contributed by atoms with Crippen LogP contribution >= 0.6 is 23.2 Å². The molecular formula is C26H29Cl2FN2O3. The van der Waals surface area contributed by atoms with Gasteiger partial charge in [0, 0.05) is 43.6 Å². The number of ether oxygens (including phenoxy) is 1. The van der Waals surface area contributed by atoms with Gasteiger partial charge in [-0.3, -0.25) is 9.59 Å². The third kappa shape index (κ3) is 6.02. The van der Waals surface area contributed by atoms with Gasteiger partial charge in [0.15, 0.2) is 0 Å². The summed E-state index contributed by atoms with van der Waals surface area (Å²) in [5, 5.41) is 0.724. The van der Waals surface area contributed by atoms with Crippen LogP contribution in [0.3, 0.4) is 0 Å². The van der Waals surface area contributed by atoms with E-state index < -0.39 is 5.41 Å². The van der Waals surface area contributed by atoms with Gasteiger partial charge in [0.05, 0.1) is 16.7 Å². The van der Waals surface area contributed by atoms with Crippen LogP contribution < -0.4 is 4.74 Å². The molecular weight excluding hydrogens is 478 g/mol. The molecule has 2 aromatic rings. The zero-order valence-corrected chi connectivity index (χ0v) is 20.6. The second kappa shape index (κ2) is 11.0. The van der Waals surface area contributed by atoms with Crippen molar-refractivity contribution < 1.29 is 18.7 Å². The highest BCUT2D eigenvalue weighted by atomic mass is 35.5. The molecule has 2 heterocycles. The topological polar surface area (TPSA) is 49.9 Å². The molecule has 182 valence electrons. The molecule has 1 atom stereocenters. The molecule has 1 unspecified atom stereocenters. The van der Waals surface area contributed by atoms with Crippen LogP contribution in [0.2, 0.25) is 10.0 Å². The average molecular weight is 507 g/mol. The lowest BCUT2D eigenvalue weighted by molar-refractivity contribution is -0.136. The van der Waals surface area contributed by atoms with Gasteiger partial charge in [-0.2, -0.15) is 0 Å². The molecule has 0 N–H and O–H groups in total. The normalized spacial score (nSPS) is 20.8. The number of carbonyl (C=O) groups is 2. The van der Waals surface area contributed by atoms with Gasteiger partial charge in [0.1, 0.15) is 11.6 Å². The first-order valence-corrected chi connectivity index (χ1v) is 12.5. The van der Waals surface area contributed by atoms with Crippen LogP contribution in [0.1, 0.15) is 48.9 Å². The van der Waals surface area contributed by atoms with Crippen molar-refractivity contribution in [2.75, 3.05) is 32.8 Å². The van der Waals surface area contributed by atoms with Crippen LogP contribution in [0.5, 0.6) is 5.75 Å². The van der Waals surface area contributed by atoms with E-state index in [4.69, 9.17) is 27.9 Å². The molecule has 0 aliphatic carbocycles. The minimum atomic E-state index is -0.535. The van der Waals surface area contributed by atoms with E-state index in [1.54, 1.807) is 35.2 Å². The average Bonchev–Trinajstić information content (AvgIpc) is 2.85. The number of rotatable bonds is 6. The first-order valence-electron chi connectivity index (χ1n) is 11.8. The maximum absolute atomic E-state index is 13.3. The number of amides is 2. The zero-order valence-electron chi connectivity index (χ0n) is 19.1. The lowest BCUT2D eigenvalue weighted by Crippen LogP contribution is -2.51. The molecule has 5 nitrogen and oxygen atoms in total. The minimum absolute atomic E-state index is 0.103. The van der Waals surface area contributed by atoms with Crippen molar-refractivity contribution in [3.05, 3.63) is 63.9 Å². The molecule has 2 fully saturated rings. The van der Waals surface area contributed by atoms with E-state index in [9.17, 15) is 14.0 Å². The molecule has 4 rings (SSSR count). The summed E-state index contributed by atoms with van der Waals surface area (Å²) >= 11 is 12.2.